The zero-order valence-electron chi connectivity index (χ0n) is 17.5. The lowest BCUT2D eigenvalue weighted by molar-refractivity contribution is -0.384. The van der Waals surface area contributed by atoms with Gasteiger partial charge in [0.15, 0.2) is 5.43 Å². The lowest BCUT2D eigenvalue weighted by Crippen LogP contribution is -2.29. The first-order chi connectivity index (χ1) is 16.3. The van der Waals surface area contributed by atoms with Crippen molar-refractivity contribution in [2.75, 3.05) is 12.0 Å². The summed E-state index contributed by atoms with van der Waals surface area (Å²) < 4.78 is 11.1. The standard InChI is InChI=1S/C24H14Cl2N2O6/c1-33-19-9-7-15(11-17(19)26)27-21(12-2-5-14(6-3-12)28(31)32)20-22(29)16-10-13(25)4-8-18(16)34-23(20)24(27)30/h2-11,21H,1H3. The summed E-state index contributed by atoms with van der Waals surface area (Å²) in [6.45, 7) is 0. The quantitative estimate of drug-likeness (QED) is 0.262. The van der Waals surface area contributed by atoms with Gasteiger partial charge in [0.1, 0.15) is 11.3 Å². The number of nitrogens with zero attached hydrogens (tertiary/aromatic N) is 2. The number of methoxy groups -OCH3 is 1. The van der Waals surface area contributed by atoms with E-state index in [2.05, 4.69) is 0 Å². The van der Waals surface area contributed by atoms with E-state index in [1.165, 1.54) is 48.4 Å². The molecule has 1 aliphatic rings. The third kappa shape index (κ3) is 3.39. The van der Waals surface area contributed by atoms with Crippen LogP contribution in [-0.4, -0.2) is 17.9 Å². The maximum Gasteiger partial charge on any atom is 0.295 e. The number of nitro benzene ring substituents is 1. The summed E-state index contributed by atoms with van der Waals surface area (Å²) >= 11 is 12.4. The Morgan fingerprint density at radius 2 is 1.76 bits per heavy atom. The number of carbonyl (C=O) groups excluding carboxylic acids is 1. The van der Waals surface area contributed by atoms with E-state index < -0.39 is 22.3 Å². The zero-order chi connectivity index (χ0) is 24.1. The Kier molecular flexibility index (Phi) is 5.27. The summed E-state index contributed by atoms with van der Waals surface area (Å²) in [5, 5.41) is 12.0. The van der Waals surface area contributed by atoms with Gasteiger partial charge in [-0.2, -0.15) is 0 Å². The van der Waals surface area contributed by atoms with Crippen molar-refractivity contribution >= 4 is 51.5 Å². The second kappa shape index (κ2) is 8.16. The normalized spacial score (nSPS) is 15.0. The lowest BCUT2D eigenvalue weighted by atomic mass is 9.98. The summed E-state index contributed by atoms with van der Waals surface area (Å²) in [5.74, 6) is -0.250. The second-order valence-electron chi connectivity index (χ2n) is 7.56. The zero-order valence-corrected chi connectivity index (χ0v) is 19.0. The summed E-state index contributed by atoms with van der Waals surface area (Å²) in [5.41, 5.74) is 0.673. The molecular weight excluding hydrogens is 483 g/mol. The summed E-state index contributed by atoms with van der Waals surface area (Å²) in [7, 11) is 1.47. The van der Waals surface area contributed by atoms with Crippen molar-refractivity contribution in [3.63, 3.8) is 0 Å². The molecule has 3 aromatic carbocycles. The van der Waals surface area contributed by atoms with E-state index in [0.29, 0.717) is 22.0 Å². The molecule has 8 nitrogen and oxygen atoms in total. The van der Waals surface area contributed by atoms with Crippen LogP contribution >= 0.6 is 23.2 Å². The molecule has 0 spiro atoms. The van der Waals surface area contributed by atoms with Crippen molar-refractivity contribution in [3.05, 3.63) is 108 Å². The van der Waals surface area contributed by atoms with Crippen molar-refractivity contribution in [2.24, 2.45) is 0 Å². The fourth-order valence-electron chi connectivity index (χ4n) is 4.11. The average molecular weight is 497 g/mol. The minimum atomic E-state index is -0.910. The smallest absolute Gasteiger partial charge is 0.295 e. The van der Waals surface area contributed by atoms with Crippen LogP contribution in [-0.2, 0) is 0 Å². The molecule has 0 fully saturated rings. The van der Waals surface area contributed by atoms with E-state index in [1.54, 1.807) is 24.3 Å². The van der Waals surface area contributed by atoms with Crippen LogP contribution in [0.5, 0.6) is 5.75 Å². The Balaban J connectivity index is 1.78. The maximum absolute atomic E-state index is 13.6. The van der Waals surface area contributed by atoms with Gasteiger partial charge in [0.05, 0.1) is 34.0 Å². The monoisotopic (exact) mass is 496 g/mol. The Morgan fingerprint density at radius 3 is 2.41 bits per heavy atom. The van der Waals surface area contributed by atoms with Crippen LogP contribution in [0.15, 0.2) is 69.9 Å². The number of hydrogen-bond donors (Lipinski definition) is 0. The van der Waals surface area contributed by atoms with Gasteiger partial charge in [-0.05, 0) is 54.1 Å². The topological polar surface area (TPSA) is 103 Å². The number of ether oxygens (including phenoxy) is 1. The SMILES string of the molecule is COc1ccc(N2C(=O)c3oc4ccc(Cl)cc4c(=O)c3C2c2ccc([N+](=O)[O-])cc2)cc1Cl. The van der Waals surface area contributed by atoms with E-state index in [0.717, 1.165) is 0 Å². The maximum atomic E-state index is 13.6. The Labute approximate surface area is 202 Å². The van der Waals surface area contributed by atoms with E-state index >= 15 is 0 Å². The second-order valence-corrected chi connectivity index (χ2v) is 8.40. The van der Waals surface area contributed by atoms with Gasteiger partial charge >= 0.3 is 0 Å². The van der Waals surface area contributed by atoms with Crippen LogP contribution in [0, 0.1) is 10.1 Å². The van der Waals surface area contributed by atoms with Gasteiger partial charge in [0, 0.05) is 22.8 Å². The number of halogens is 2. The van der Waals surface area contributed by atoms with Crippen molar-refractivity contribution in [1.82, 2.24) is 0 Å². The molecular formula is C24H14Cl2N2O6. The minimum Gasteiger partial charge on any atom is -0.495 e. The number of non-ortho nitro benzene ring substituents is 1. The van der Waals surface area contributed by atoms with E-state index in [1.807, 2.05) is 0 Å². The predicted octanol–water partition coefficient (Wildman–Crippen LogP) is 5.77. The largest absolute Gasteiger partial charge is 0.495 e. The molecule has 10 heteroatoms. The first kappa shape index (κ1) is 21.9. The van der Waals surface area contributed by atoms with Gasteiger partial charge in [-0.1, -0.05) is 23.2 Å². The fraction of sp³-hybridized carbons (Fsp3) is 0.0833. The first-order valence-corrected chi connectivity index (χ1v) is 10.7. The van der Waals surface area contributed by atoms with Gasteiger partial charge < -0.3 is 9.15 Å². The van der Waals surface area contributed by atoms with E-state index in [9.17, 15) is 19.7 Å². The van der Waals surface area contributed by atoms with Crippen LogP contribution in [0.4, 0.5) is 11.4 Å². The molecule has 1 aromatic heterocycles. The molecule has 4 aromatic rings. The molecule has 1 atom stereocenters. The molecule has 34 heavy (non-hydrogen) atoms. The number of rotatable bonds is 4. The minimum absolute atomic E-state index is 0.112. The van der Waals surface area contributed by atoms with Crippen molar-refractivity contribution in [1.29, 1.82) is 0 Å². The molecule has 1 aliphatic heterocycles. The third-order valence-electron chi connectivity index (χ3n) is 5.67. The van der Waals surface area contributed by atoms with Crippen molar-refractivity contribution in [3.8, 4) is 5.75 Å². The van der Waals surface area contributed by atoms with Gasteiger partial charge in [0.2, 0.25) is 5.76 Å². The molecule has 0 saturated heterocycles. The highest BCUT2D eigenvalue weighted by Crippen LogP contribution is 2.43. The number of amides is 1. The van der Waals surface area contributed by atoms with Gasteiger partial charge in [0.25, 0.3) is 11.6 Å². The molecule has 0 N–H and O–H groups in total. The molecule has 2 heterocycles. The lowest BCUT2D eigenvalue weighted by Gasteiger charge is -2.25. The summed E-state index contributed by atoms with van der Waals surface area (Å²) in [4.78, 5) is 39.1. The molecule has 1 amide bonds. The van der Waals surface area contributed by atoms with Gasteiger partial charge in [-0.15, -0.1) is 0 Å². The third-order valence-corrected chi connectivity index (χ3v) is 6.20. The summed E-state index contributed by atoms with van der Waals surface area (Å²) in [6.07, 6.45) is 0. The van der Waals surface area contributed by atoms with Crippen LogP contribution < -0.4 is 15.1 Å². The number of anilines is 1. The van der Waals surface area contributed by atoms with Crippen molar-refractivity contribution in [2.45, 2.75) is 6.04 Å². The molecule has 0 radical (unpaired) electrons. The van der Waals surface area contributed by atoms with Crippen LogP contribution in [0.25, 0.3) is 11.0 Å². The average Bonchev–Trinajstić information content (AvgIpc) is 3.12. The molecule has 0 saturated carbocycles. The highest BCUT2D eigenvalue weighted by Gasteiger charge is 2.44. The molecule has 0 bridgehead atoms. The Morgan fingerprint density at radius 1 is 1.03 bits per heavy atom. The molecule has 170 valence electrons. The predicted molar refractivity (Wildman–Crippen MR) is 127 cm³/mol. The van der Waals surface area contributed by atoms with Crippen LogP contribution in [0.2, 0.25) is 10.0 Å². The van der Waals surface area contributed by atoms with Crippen LogP contribution in [0.3, 0.4) is 0 Å². The Hall–Kier alpha value is -3.88. The molecule has 0 aliphatic carbocycles. The number of nitro groups is 1. The first-order valence-electron chi connectivity index (χ1n) is 9.98. The van der Waals surface area contributed by atoms with Gasteiger partial charge in [-0.3, -0.25) is 24.6 Å². The number of fused-ring (bicyclic) bond motifs is 2. The number of benzene rings is 3. The Bertz CT molecular complexity index is 1550. The van der Waals surface area contributed by atoms with E-state index in [-0.39, 0.29) is 33.0 Å². The highest BCUT2D eigenvalue weighted by molar-refractivity contribution is 6.32. The molecule has 1 unspecified atom stereocenters. The highest BCUT2D eigenvalue weighted by atomic mass is 35.5. The summed E-state index contributed by atoms with van der Waals surface area (Å²) in [6, 6.07) is 14.1. The molecule has 5 rings (SSSR count). The number of carbonyl (C=O) groups is 1. The van der Waals surface area contributed by atoms with E-state index in [4.69, 9.17) is 32.4 Å². The fourth-order valence-corrected chi connectivity index (χ4v) is 4.53. The number of hydrogen-bond acceptors (Lipinski definition) is 6. The van der Waals surface area contributed by atoms with Crippen molar-refractivity contribution < 1.29 is 18.9 Å². The van der Waals surface area contributed by atoms with Gasteiger partial charge in [-0.25, -0.2) is 0 Å². The van der Waals surface area contributed by atoms with Crippen LogP contribution in [0.1, 0.15) is 27.7 Å².